The number of halogens is 3. The molecule has 0 atom stereocenters. The van der Waals surface area contributed by atoms with E-state index >= 15 is 0 Å². The van der Waals surface area contributed by atoms with Crippen LogP contribution in [0.25, 0.3) is 0 Å². The first kappa shape index (κ1) is 17.0. The summed E-state index contributed by atoms with van der Waals surface area (Å²) in [6.07, 6.45) is -4.63. The van der Waals surface area contributed by atoms with E-state index in [1.165, 1.54) is 19.1 Å². The Morgan fingerprint density at radius 1 is 1.22 bits per heavy atom. The van der Waals surface area contributed by atoms with Crippen molar-refractivity contribution >= 4 is 17.7 Å². The molecule has 0 saturated carbocycles. The Balaban J connectivity index is 2.15. The van der Waals surface area contributed by atoms with E-state index in [1.807, 2.05) is 0 Å². The largest absolute Gasteiger partial charge is 0.471 e. The molecule has 0 unspecified atom stereocenters. The first-order valence-electron chi connectivity index (χ1n) is 6.83. The Morgan fingerprint density at radius 3 is 2.52 bits per heavy atom. The molecule has 0 N–H and O–H groups in total. The van der Waals surface area contributed by atoms with Gasteiger partial charge in [-0.05, 0) is 23.6 Å². The lowest BCUT2D eigenvalue weighted by atomic mass is 9.96. The van der Waals surface area contributed by atoms with Crippen LogP contribution in [0.4, 0.5) is 13.2 Å². The monoisotopic (exact) mass is 329 g/mol. The lowest BCUT2D eigenvalue weighted by Gasteiger charge is -2.29. The summed E-state index contributed by atoms with van der Waals surface area (Å²) >= 11 is 0. The van der Waals surface area contributed by atoms with Crippen molar-refractivity contribution in [3.8, 4) is 0 Å². The van der Waals surface area contributed by atoms with E-state index in [2.05, 4.69) is 4.74 Å². The molecule has 1 aliphatic rings. The van der Waals surface area contributed by atoms with Gasteiger partial charge in [-0.25, -0.2) is 0 Å². The summed E-state index contributed by atoms with van der Waals surface area (Å²) in [7, 11) is 0. The van der Waals surface area contributed by atoms with Crippen LogP contribution in [0.5, 0.6) is 0 Å². The molecule has 5 nitrogen and oxygen atoms in total. The molecule has 0 fully saturated rings. The summed E-state index contributed by atoms with van der Waals surface area (Å²) in [5, 5.41) is 0. The molecule has 2 rings (SSSR count). The van der Waals surface area contributed by atoms with Gasteiger partial charge in [0.15, 0.2) is 12.4 Å². The Bertz CT molecular complexity index is 655. The van der Waals surface area contributed by atoms with Gasteiger partial charge < -0.3 is 9.64 Å². The van der Waals surface area contributed by atoms with Crippen molar-refractivity contribution < 1.29 is 32.3 Å². The van der Waals surface area contributed by atoms with Crippen molar-refractivity contribution in [3.63, 3.8) is 0 Å². The Hall–Kier alpha value is -2.38. The highest BCUT2D eigenvalue weighted by Crippen LogP contribution is 2.25. The number of benzene rings is 1. The summed E-state index contributed by atoms with van der Waals surface area (Å²) in [5.74, 6) is -2.94. The van der Waals surface area contributed by atoms with Gasteiger partial charge in [-0.2, -0.15) is 13.2 Å². The van der Waals surface area contributed by atoms with Gasteiger partial charge in [-0.1, -0.05) is 12.1 Å². The second-order valence-electron chi connectivity index (χ2n) is 5.16. The zero-order chi connectivity index (χ0) is 17.2. The molecule has 0 saturated heterocycles. The molecule has 1 amide bonds. The predicted octanol–water partition coefficient (Wildman–Crippen LogP) is 1.88. The first-order chi connectivity index (χ1) is 10.7. The molecular formula is C15H14F3NO4. The highest BCUT2D eigenvalue weighted by Gasteiger charge is 2.43. The number of carbonyl (C=O) groups is 3. The van der Waals surface area contributed by atoms with Crippen LogP contribution < -0.4 is 0 Å². The van der Waals surface area contributed by atoms with Crippen LogP contribution >= 0.6 is 0 Å². The Labute approximate surface area is 130 Å². The summed E-state index contributed by atoms with van der Waals surface area (Å²) < 4.78 is 42.1. The third-order valence-corrected chi connectivity index (χ3v) is 3.48. The van der Waals surface area contributed by atoms with E-state index in [4.69, 9.17) is 0 Å². The molecule has 8 heteroatoms. The van der Waals surface area contributed by atoms with Gasteiger partial charge in [-0.15, -0.1) is 0 Å². The molecule has 1 aliphatic heterocycles. The van der Waals surface area contributed by atoms with Gasteiger partial charge >= 0.3 is 18.1 Å². The SMILES string of the molecule is CC(=O)OCC(=O)c1ccc2c(c1)CN(C(=O)C(F)(F)F)CC2. The summed E-state index contributed by atoms with van der Waals surface area (Å²) in [6.45, 7) is 0.508. The number of ketones is 1. The molecule has 0 bridgehead atoms. The number of carbonyl (C=O) groups excluding carboxylic acids is 3. The van der Waals surface area contributed by atoms with Gasteiger partial charge in [0.2, 0.25) is 0 Å². The molecule has 0 radical (unpaired) electrons. The van der Waals surface area contributed by atoms with Crippen LogP contribution in [0.2, 0.25) is 0 Å². The number of alkyl halides is 3. The van der Waals surface area contributed by atoms with Crippen molar-refractivity contribution in [2.75, 3.05) is 13.2 Å². The number of nitrogens with zero attached hydrogens (tertiary/aromatic N) is 1. The van der Waals surface area contributed by atoms with Crippen molar-refractivity contribution in [2.24, 2.45) is 0 Å². The van der Waals surface area contributed by atoms with Crippen molar-refractivity contribution in [1.82, 2.24) is 4.90 Å². The van der Waals surface area contributed by atoms with Crippen LogP contribution in [0.15, 0.2) is 18.2 Å². The van der Waals surface area contributed by atoms with Crippen LogP contribution in [-0.4, -0.2) is 41.9 Å². The fourth-order valence-electron chi connectivity index (χ4n) is 2.33. The first-order valence-corrected chi connectivity index (χ1v) is 6.83. The maximum absolute atomic E-state index is 12.5. The summed E-state index contributed by atoms with van der Waals surface area (Å²) in [6, 6.07) is 4.62. The van der Waals surface area contributed by atoms with Gasteiger partial charge in [0, 0.05) is 25.6 Å². The van der Waals surface area contributed by atoms with Crippen LogP contribution in [0.3, 0.4) is 0 Å². The van der Waals surface area contributed by atoms with Crippen molar-refractivity contribution in [3.05, 3.63) is 34.9 Å². The maximum Gasteiger partial charge on any atom is 0.471 e. The van der Waals surface area contributed by atoms with Gasteiger partial charge in [-0.3, -0.25) is 14.4 Å². The number of hydrogen-bond acceptors (Lipinski definition) is 4. The minimum atomic E-state index is -4.92. The molecule has 1 heterocycles. The number of hydrogen-bond donors (Lipinski definition) is 0. The summed E-state index contributed by atoms with van der Waals surface area (Å²) in [5.41, 5.74) is 1.51. The fourth-order valence-corrected chi connectivity index (χ4v) is 2.33. The lowest BCUT2D eigenvalue weighted by Crippen LogP contribution is -2.43. The lowest BCUT2D eigenvalue weighted by molar-refractivity contribution is -0.186. The smallest absolute Gasteiger partial charge is 0.457 e. The normalized spacial score (nSPS) is 14.2. The third-order valence-electron chi connectivity index (χ3n) is 3.48. The number of esters is 1. The Morgan fingerprint density at radius 2 is 1.91 bits per heavy atom. The molecule has 124 valence electrons. The average Bonchev–Trinajstić information content (AvgIpc) is 2.49. The van der Waals surface area contributed by atoms with E-state index in [0.717, 1.165) is 5.56 Å². The van der Waals surface area contributed by atoms with Crippen LogP contribution in [-0.2, 0) is 27.3 Å². The van der Waals surface area contributed by atoms with E-state index < -0.39 is 30.4 Å². The zero-order valence-corrected chi connectivity index (χ0v) is 12.3. The fraction of sp³-hybridized carbons (Fsp3) is 0.400. The molecule has 1 aromatic carbocycles. The number of fused-ring (bicyclic) bond motifs is 1. The predicted molar refractivity (Wildman–Crippen MR) is 72.6 cm³/mol. The molecule has 0 aromatic heterocycles. The van der Waals surface area contributed by atoms with E-state index in [-0.39, 0.29) is 25.1 Å². The topological polar surface area (TPSA) is 63.7 Å². The highest BCUT2D eigenvalue weighted by atomic mass is 19.4. The molecule has 23 heavy (non-hydrogen) atoms. The standard InChI is InChI=1S/C15H14F3NO4/c1-9(20)23-8-13(21)11-3-2-10-4-5-19(7-12(10)6-11)14(22)15(16,17)18/h2-3,6H,4-5,7-8H2,1H3. The number of Topliss-reactive ketones (excluding diaryl/α,β-unsaturated/α-hetero) is 1. The minimum Gasteiger partial charge on any atom is -0.457 e. The molecular weight excluding hydrogens is 315 g/mol. The average molecular weight is 329 g/mol. The van der Waals surface area contributed by atoms with Gasteiger partial charge in [0.05, 0.1) is 0 Å². The summed E-state index contributed by atoms with van der Waals surface area (Å²) in [4.78, 5) is 34.6. The van der Waals surface area contributed by atoms with Gasteiger partial charge in [0.1, 0.15) is 0 Å². The molecule has 0 aliphatic carbocycles. The number of amides is 1. The zero-order valence-electron chi connectivity index (χ0n) is 12.3. The minimum absolute atomic E-state index is 0.0217. The maximum atomic E-state index is 12.5. The second kappa shape index (κ2) is 6.39. The molecule has 1 aromatic rings. The Kier molecular flexibility index (Phi) is 4.72. The number of ether oxygens (including phenoxy) is 1. The second-order valence-corrected chi connectivity index (χ2v) is 5.16. The van der Waals surface area contributed by atoms with E-state index in [9.17, 15) is 27.6 Å². The van der Waals surface area contributed by atoms with Crippen LogP contribution in [0.1, 0.15) is 28.4 Å². The quantitative estimate of drug-likeness (QED) is 0.627. The third kappa shape index (κ3) is 4.08. The van der Waals surface area contributed by atoms with Crippen LogP contribution in [0, 0.1) is 0 Å². The van der Waals surface area contributed by atoms with E-state index in [0.29, 0.717) is 10.5 Å². The number of rotatable bonds is 3. The van der Waals surface area contributed by atoms with E-state index in [1.54, 1.807) is 6.07 Å². The molecule has 0 spiro atoms. The van der Waals surface area contributed by atoms with Crippen molar-refractivity contribution in [2.45, 2.75) is 26.1 Å². The van der Waals surface area contributed by atoms with Gasteiger partial charge in [0.25, 0.3) is 0 Å². The highest BCUT2D eigenvalue weighted by molar-refractivity contribution is 5.98. The van der Waals surface area contributed by atoms with Crippen molar-refractivity contribution in [1.29, 1.82) is 0 Å².